The van der Waals surface area contributed by atoms with Gasteiger partial charge in [0, 0.05) is 12.1 Å². The third-order valence-electron chi connectivity index (χ3n) is 3.31. The molecule has 2 rings (SSSR count). The van der Waals surface area contributed by atoms with E-state index in [0.29, 0.717) is 0 Å². The number of hydrogen-bond donors (Lipinski definition) is 2. The van der Waals surface area contributed by atoms with Crippen molar-refractivity contribution < 1.29 is 26.4 Å². The van der Waals surface area contributed by atoms with Crippen molar-refractivity contribution in [2.45, 2.75) is 11.1 Å². The Morgan fingerprint density at radius 2 is 1.69 bits per heavy atom. The van der Waals surface area contributed by atoms with Gasteiger partial charge in [0.05, 0.1) is 16.1 Å². The molecule has 0 heterocycles. The summed E-state index contributed by atoms with van der Waals surface area (Å²) in [6.07, 6.45) is -3.22. The molecule has 0 fully saturated rings. The van der Waals surface area contributed by atoms with Crippen LogP contribution in [0.3, 0.4) is 0 Å². The number of benzene rings is 2. The monoisotopic (exact) mass is 384 g/mol. The number of para-hydroxylation sites is 1. The molecule has 5 nitrogen and oxygen atoms in total. The van der Waals surface area contributed by atoms with E-state index in [9.17, 15) is 26.4 Å². The summed E-state index contributed by atoms with van der Waals surface area (Å²) in [5.74, 6) is -0.427. The summed E-state index contributed by atoms with van der Waals surface area (Å²) < 4.78 is 65.6. The van der Waals surface area contributed by atoms with Crippen LogP contribution in [-0.2, 0) is 16.2 Å². The maximum absolute atomic E-state index is 13.0. The lowest BCUT2D eigenvalue weighted by molar-refractivity contribution is -0.136. The van der Waals surface area contributed by atoms with Crippen molar-refractivity contribution >= 4 is 21.6 Å². The van der Waals surface area contributed by atoms with Crippen molar-refractivity contribution in [2.24, 2.45) is 0 Å². The van der Waals surface area contributed by atoms with E-state index >= 15 is 0 Å². The largest absolute Gasteiger partial charge is 0.418 e. The number of anilines is 1. The Labute approximate surface area is 148 Å². The fraction of sp³-hybridized carbons (Fsp3) is 0.118. The Morgan fingerprint density at radius 3 is 2.27 bits per heavy atom. The van der Waals surface area contributed by atoms with E-state index < -0.39 is 33.4 Å². The fourth-order valence-electron chi connectivity index (χ4n) is 2.08. The summed E-state index contributed by atoms with van der Waals surface area (Å²) in [6, 6.07) is 9.08. The molecule has 0 aromatic heterocycles. The van der Waals surface area contributed by atoms with Crippen LogP contribution >= 0.6 is 0 Å². The zero-order valence-electron chi connectivity index (χ0n) is 13.4. The van der Waals surface area contributed by atoms with Gasteiger partial charge in [0.15, 0.2) is 0 Å². The first-order chi connectivity index (χ1) is 12.1. The van der Waals surface area contributed by atoms with Crippen LogP contribution < -0.4 is 10.0 Å². The fourth-order valence-corrected chi connectivity index (χ4v) is 3.16. The molecule has 2 N–H and O–H groups in total. The number of halogens is 3. The molecule has 0 bridgehead atoms. The van der Waals surface area contributed by atoms with Crippen molar-refractivity contribution in [1.82, 2.24) is 5.32 Å². The predicted octanol–water partition coefficient (Wildman–Crippen LogP) is 3.42. The molecule has 0 saturated carbocycles. The van der Waals surface area contributed by atoms with Gasteiger partial charge in [-0.3, -0.25) is 9.52 Å². The SMILES string of the molecule is C=CCNC(=O)c1ccc(S(=O)(=O)Nc2ccccc2C(F)(F)F)cc1. The molecule has 138 valence electrons. The molecule has 0 saturated heterocycles. The van der Waals surface area contributed by atoms with E-state index in [1.807, 2.05) is 4.72 Å². The Hall–Kier alpha value is -2.81. The predicted molar refractivity (Wildman–Crippen MR) is 91.2 cm³/mol. The number of carbonyl (C=O) groups is 1. The van der Waals surface area contributed by atoms with Gasteiger partial charge in [-0.15, -0.1) is 6.58 Å². The van der Waals surface area contributed by atoms with Crippen LogP contribution in [0.2, 0.25) is 0 Å². The van der Waals surface area contributed by atoms with Crippen LogP contribution in [0.25, 0.3) is 0 Å². The van der Waals surface area contributed by atoms with E-state index in [2.05, 4.69) is 11.9 Å². The molecule has 0 unspecified atom stereocenters. The van der Waals surface area contributed by atoms with Gasteiger partial charge in [0.1, 0.15) is 0 Å². The molecule has 0 radical (unpaired) electrons. The van der Waals surface area contributed by atoms with E-state index in [0.717, 1.165) is 30.3 Å². The van der Waals surface area contributed by atoms with Crippen LogP contribution in [0, 0.1) is 0 Å². The number of sulfonamides is 1. The molecule has 0 aliphatic carbocycles. The second-order valence-corrected chi connectivity index (χ2v) is 6.85. The van der Waals surface area contributed by atoms with Crippen molar-refractivity contribution in [1.29, 1.82) is 0 Å². The van der Waals surface area contributed by atoms with Gasteiger partial charge in [-0.25, -0.2) is 8.42 Å². The third kappa shape index (κ3) is 4.63. The van der Waals surface area contributed by atoms with Gasteiger partial charge < -0.3 is 5.32 Å². The summed E-state index contributed by atoms with van der Waals surface area (Å²) in [5, 5.41) is 2.52. The number of hydrogen-bond acceptors (Lipinski definition) is 3. The summed E-state index contributed by atoms with van der Waals surface area (Å²) in [7, 11) is -4.25. The lowest BCUT2D eigenvalue weighted by Crippen LogP contribution is -2.23. The average molecular weight is 384 g/mol. The minimum absolute atomic E-state index is 0.210. The van der Waals surface area contributed by atoms with Crippen molar-refractivity contribution in [3.63, 3.8) is 0 Å². The highest BCUT2D eigenvalue weighted by Gasteiger charge is 2.34. The molecule has 1 amide bonds. The van der Waals surface area contributed by atoms with Gasteiger partial charge in [-0.2, -0.15) is 13.2 Å². The van der Waals surface area contributed by atoms with Crippen LogP contribution in [0.1, 0.15) is 15.9 Å². The average Bonchev–Trinajstić information content (AvgIpc) is 2.59. The van der Waals surface area contributed by atoms with E-state index in [1.165, 1.54) is 24.3 Å². The first kappa shape index (κ1) is 19.5. The minimum Gasteiger partial charge on any atom is -0.349 e. The quantitative estimate of drug-likeness (QED) is 0.750. The van der Waals surface area contributed by atoms with E-state index in [4.69, 9.17) is 0 Å². The summed E-state index contributed by atoms with van der Waals surface area (Å²) in [4.78, 5) is 11.5. The highest BCUT2D eigenvalue weighted by atomic mass is 32.2. The van der Waals surface area contributed by atoms with Crippen LogP contribution in [0.4, 0.5) is 18.9 Å². The smallest absolute Gasteiger partial charge is 0.349 e. The topological polar surface area (TPSA) is 75.3 Å². The van der Waals surface area contributed by atoms with Crippen molar-refractivity contribution in [3.8, 4) is 0 Å². The van der Waals surface area contributed by atoms with Crippen LogP contribution in [0.15, 0.2) is 66.1 Å². The van der Waals surface area contributed by atoms with E-state index in [1.54, 1.807) is 0 Å². The number of rotatable bonds is 6. The number of amides is 1. The Balaban J connectivity index is 2.27. The molecule has 0 aliphatic rings. The molecule has 26 heavy (non-hydrogen) atoms. The molecular weight excluding hydrogens is 369 g/mol. The molecule has 2 aromatic rings. The Bertz CT molecular complexity index is 908. The Kier molecular flexibility index (Phi) is 5.71. The third-order valence-corrected chi connectivity index (χ3v) is 4.69. The molecule has 9 heteroatoms. The number of alkyl halides is 3. The van der Waals surface area contributed by atoms with E-state index in [-0.39, 0.29) is 17.0 Å². The lowest BCUT2D eigenvalue weighted by Gasteiger charge is -2.14. The van der Waals surface area contributed by atoms with Crippen molar-refractivity contribution in [2.75, 3.05) is 11.3 Å². The number of carbonyl (C=O) groups excluding carboxylic acids is 1. The molecule has 0 aliphatic heterocycles. The summed E-state index contributed by atoms with van der Waals surface area (Å²) in [6.45, 7) is 3.70. The van der Waals surface area contributed by atoms with Gasteiger partial charge in [0.25, 0.3) is 15.9 Å². The molecule has 0 spiro atoms. The second-order valence-electron chi connectivity index (χ2n) is 5.17. The zero-order valence-corrected chi connectivity index (χ0v) is 14.2. The normalized spacial score (nSPS) is 11.7. The zero-order chi connectivity index (χ0) is 19.4. The maximum Gasteiger partial charge on any atom is 0.418 e. The van der Waals surface area contributed by atoms with Crippen molar-refractivity contribution in [3.05, 3.63) is 72.3 Å². The van der Waals surface area contributed by atoms with Crippen LogP contribution in [0.5, 0.6) is 0 Å². The standard InChI is InChI=1S/C17H15F3N2O3S/c1-2-11-21-16(23)12-7-9-13(10-8-12)26(24,25)22-15-6-4-3-5-14(15)17(18,19)20/h2-10,22H,1,11H2,(H,21,23). The number of nitrogens with one attached hydrogen (secondary N) is 2. The minimum atomic E-state index is -4.70. The van der Waals surface area contributed by atoms with Gasteiger partial charge in [0.2, 0.25) is 0 Å². The first-order valence-electron chi connectivity index (χ1n) is 7.33. The summed E-state index contributed by atoms with van der Waals surface area (Å²) >= 11 is 0. The molecule has 0 atom stereocenters. The highest BCUT2D eigenvalue weighted by Crippen LogP contribution is 2.35. The Morgan fingerprint density at radius 1 is 1.08 bits per heavy atom. The molecular formula is C17H15F3N2O3S. The first-order valence-corrected chi connectivity index (χ1v) is 8.81. The van der Waals surface area contributed by atoms with Gasteiger partial charge in [-0.05, 0) is 36.4 Å². The van der Waals surface area contributed by atoms with Crippen LogP contribution in [-0.4, -0.2) is 20.9 Å². The maximum atomic E-state index is 13.0. The second kappa shape index (κ2) is 7.61. The highest BCUT2D eigenvalue weighted by molar-refractivity contribution is 7.92. The molecule has 2 aromatic carbocycles. The lowest BCUT2D eigenvalue weighted by atomic mass is 10.2. The summed E-state index contributed by atoms with van der Waals surface area (Å²) in [5.41, 5.74) is -1.46. The van der Waals surface area contributed by atoms with Gasteiger partial charge in [-0.1, -0.05) is 18.2 Å². The van der Waals surface area contributed by atoms with Gasteiger partial charge >= 0.3 is 6.18 Å².